The highest BCUT2D eigenvalue weighted by molar-refractivity contribution is 6.09. The molecular weight excluding hydrogens is 641 g/mol. The lowest BCUT2D eigenvalue weighted by Gasteiger charge is -2.28. The molecule has 0 atom stereocenters. The van der Waals surface area contributed by atoms with Crippen LogP contribution in [0.5, 0.6) is 0 Å². The lowest BCUT2D eigenvalue weighted by atomic mass is 9.82. The fourth-order valence-corrected chi connectivity index (χ4v) is 8.63. The number of fused-ring (bicyclic) bond motifs is 6. The molecule has 1 aromatic heterocycles. The van der Waals surface area contributed by atoms with Crippen molar-refractivity contribution in [3.8, 4) is 39.1 Å². The quantitative estimate of drug-likeness (QED) is 0.170. The SMILES string of the molecule is CC1(C)c2cc(N(c3ccccc3)c3cccc(-c4ccccc4-c4ccccc4)c3)ccc2-c2ccc(-n3c4ccccc4c4ccccc43)cc21. The number of anilines is 3. The Morgan fingerprint density at radius 1 is 0.377 bits per heavy atom. The Kier molecular flexibility index (Phi) is 7.19. The van der Waals surface area contributed by atoms with E-state index in [-0.39, 0.29) is 5.41 Å². The number of rotatable bonds is 6. The van der Waals surface area contributed by atoms with Crippen molar-refractivity contribution in [3.63, 3.8) is 0 Å². The Morgan fingerprint density at radius 3 is 1.58 bits per heavy atom. The molecule has 1 aliphatic rings. The molecule has 0 spiro atoms. The summed E-state index contributed by atoms with van der Waals surface area (Å²) in [4.78, 5) is 2.40. The maximum Gasteiger partial charge on any atom is 0.0541 e. The number of para-hydroxylation sites is 3. The van der Waals surface area contributed by atoms with E-state index in [4.69, 9.17) is 0 Å². The molecule has 0 bridgehead atoms. The summed E-state index contributed by atoms with van der Waals surface area (Å²) in [5.41, 5.74) is 17.0. The van der Waals surface area contributed by atoms with Gasteiger partial charge in [0.25, 0.3) is 0 Å². The first-order valence-corrected chi connectivity index (χ1v) is 18.4. The third-order valence-corrected chi connectivity index (χ3v) is 11.2. The second kappa shape index (κ2) is 12.3. The van der Waals surface area contributed by atoms with E-state index in [1.54, 1.807) is 0 Å². The molecule has 0 fully saturated rings. The molecule has 0 aliphatic heterocycles. The van der Waals surface area contributed by atoms with Crippen LogP contribution in [-0.2, 0) is 5.41 Å². The lowest BCUT2D eigenvalue weighted by Crippen LogP contribution is -2.17. The standard InChI is InChI=1S/C51H38N2/c1-51(2)47-33-39(28-30-43(47)44-31-29-40(34-48(44)51)53-49-26-13-11-24-45(49)46-25-12-14-27-50(46)53)52(37-19-7-4-8-20-37)38-21-15-18-36(32-38)42-23-10-9-22-41(42)35-16-5-3-6-17-35/h3-34H,1-2H3. The van der Waals surface area contributed by atoms with Crippen molar-refractivity contribution in [1.29, 1.82) is 0 Å². The van der Waals surface area contributed by atoms with Gasteiger partial charge in [-0.1, -0.05) is 147 Å². The zero-order valence-corrected chi connectivity index (χ0v) is 29.9. The van der Waals surface area contributed by atoms with Crippen molar-refractivity contribution in [2.45, 2.75) is 19.3 Å². The maximum absolute atomic E-state index is 2.43. The van der Waals surface area contributed by atoms with Crippen LogP contribution in [-0.4, -0.2) is 4.57 Å². The van der Waals surface area contributed by atoms with Crippen LogP contribution in [0.15, 0.2) is 194 Å². The number of hydrogen-bond acceptors (Lipinski definition) is 1. The maximum atomic E-state index is 2.43. The summed E-state index contributed by atoms with van der Waals surface area (Å²) in [6.45, 7) is 4.76. The number of aromatic nitrogens is 1. The molecule has 0 saturated heterocycles. The first-order chi connectivity index (χ1) is 26.1. The van der Waals surface area contributed by atoms with Gasteiger partial charge in [-0.25, -0.2) is 0 Å². The van der Waals surface area contributed by atoms with E-state index in [9.17, 15) is 0 Å². The van der Waals surface area contributed by atoms with Gasteiger partial charge in [-0.15, -0.1) is 0 Å². The fraction of sp³-hybridized carbons (Fsp3) is 0.0588. The molecule has 1 aliphatic carbocycles. The molecule has 53 heavy (non-hydrogen) atoms. The Morgan fingerprint density at radius 2 is 0.887 bits per heavy atom. The van der Waals surface area contributed by atoms with E-state index in [2.05, 4.69) is 217 Å². The third-order valence-electron chi connectivity index (χ3n) is 11.2. The van der Waals surface area contributed by atoms with Gasteiger partial charge in [-0.05, 0) is 105 Å². The molecule has 0 N–H and O–H groups in total. The fourth-order valence-electron chi connectivity index (χ4n) is 8.63. The summed E-state index contributed by atoms with van der Waals surface area (Å²) in [6.07, 6.45) is 0. The molecule has 2 heteroatoms. The molecule has 0 amide bonds. The zero-order valence-electron chi connectivity index (χ0n) is 29.9. The Bertz CT molecular complexity index is 2750. The lowest BCUT2D eigenvalue weighted by molar-refractivity contribution is 0.660. The smallest absolute Gasteiger partial charge is 0.0541 e. The van der Waals surface area contributed by atoms with Crippen molar-refractivity contribution in [2.24, 2.45) is 0 Å². The largest absolute Gasteiger partial charge is 0.310 e. The minimum atomic E-state index is -0.200. The van der Waals surface area contributed by atoms with Gasteiger partial charge in [0.15, 0.2) is 0 Å². The Hall–Kier alpha value is -6.64. The second-order valence-electron chi connectivity index (χ2n) is 14.6. The Labute approximate surface area is 310 Å². The van der Waals surface area contributed by atoms with Crippen LogP contribution in [0.3, 0.4) is 0 Å². The van der Waals surface area contributed by atoms with Gasteiger partial charge >= 0.3 is 0 Å². The molecule has 9 aromatic rings. The summed E-state index contributed by atoms with van der Waals surface area (Å²) in [6, 6.07) is 70.7. The van der Waals surface area contributed by atoms with Crippen molar-refractivity contribution < 1.29 is 0 Å². The van der Waals surface area contributed by atoms with E-state index in [1.165, 1.54) is 72.0 Å². The summed E-state index contributed by atoms with van der Waals surface area (Å²) in [7, 11) is 0. The van der Waals surface area contributed by atoms with Gasteiger partial charge < -0.3 is 9.47 Å². The molecule has 0 radical (unpaired) electrons. The van der Waals surface area contributed by atoms with E-state index >= 15 is 0 Å². The second-order valence-corrected chi connectivity index (χ2v) is 14.6. The van der Waals surface area contributed by atoms with Crippen LogP contribution in [0, 0.1) is 0 Å². The van der Waals surface area contributed by atoms with Gasteiger partial charge in [0, 0.05) is 38.9 Å². The normalized spacial score (nSPS) is 12.9. The minimum Gasteiger partial charge on any atom is -0.310 e. The van der Waals surface area contributed by atoms with Gasteiger partial charge in [0.1, 0.15) is 0 Å². The number of benzene rings is 8. The molecule has 0 unspecified atom stereocenters. The molecule has 0 saturated carbocycles. The summed E-state index contributed by atoms with van der Waals surface area (Å²) >= 11 is 0. The van der Waals surface area contributed by atoms with E-state index < -0.39 is 0 Å². The van der Waals surface area contributed by atoms with Crippen molar-refractivity contribution >= 4 is 38.9 Å². The highest BCUT2D eigenvalue weighted by Gasteiger charge is 2.36. The topological polar surface area (TPSA) is 8.17 Å². The molecule has 1 heterocycles. The summed E-state index contributed by atoms with van der Waals surface area (Å²) in [5, 5.41) is 2.56. The average molecular weight is 679 g/mol. The predicted octanol–water partition coefficient (Wildman–Crippen LogP) is 13.9. The van der Waals surface area contributed by atoms with Crippen LogP contribution in [0.1, 0.15) is 25.0 Å². The van der Waals surface area contributed by atoms with Crippen molar-refractivity contribution in [1.82, 2.24) is 4.57 Å². The molecule has 10 rings (SSSR count). The first-order valence-electron chi connectivity index (χ1n) is 18.4. The van der Waals surface area contributed by atoms with Crippen LogP contribution >= 0.6 is 0 Å². The van der Waals surface area contributed by atoms with Crippen molar-refractivity contribution in [3.05, 3.63) is 205 Å². The van der Waals surface area contributed by atoms with Crippen LogP contribution in [0.2, 0.25) is 0 Å². The van der Waals surface area contributed by atoms with Gasteiger partial charge in [0.2, 0.25) is 0 Å². The Balaban J connectivity index is 1.09. The van der Waals surface area contributed by atoms with Crippen LogP contribution < -0.4 is 4.90 Å². The van der Waals surface area contributed by atoms with E-state index in [1.807, 2.05) is 0 Å². The summed E-state index contributed by atoms with van der Waals surface area (Å²) < 4.78 is 2.43. The van der Waals surface area contributed by atoms with Crippen LogP contribution in [0.4, 0.5) is 17.1 Å². The van der Waals surface area contributed by atoms with E-state index in [0.717, 1.165) is 17.1 Å². The molecule has 8 aromatic carbocycles. The highest BCUT2D eigenvalue weighted by Crippen LogP contribution is 2.51. The molecular formula is C51H38N2. The van der Waals surface area contributed by atoms with E-state index in [0.29, 0.717) is 0 Å². The zero-order chi connectivity index (χ0) is 35.5. The monoisotopic (exact) mass is 678 g/mol. The molecule has 2 nitrogen and oxygen atoms in total. The van der Waals surface area contributed by atoms with Gasteiger partial charge in [0.05, 0.1) is 11.0 Å². The number of hydrogen-bond donors (Lipinski definition) is 0. The number of nitrogens with zero attached hydrogens (tertiary/aromatic N) is 2. The average Bonchev–Trinajstić information content (AvgIpc) is 3.67. The minimum absolute atomic E-state index is 0.200. The highest BCUT2D eigenvalue weighted by atomic mass is 15.1. The summed E-state index contributed by atoms with van der Waals surface area (Å²) in [5.74, 6) is 0. The molecule has 252 valence electrons. The van der Waals surface area contributed by atoms with Crippen LogP contribution in [0.25, 0.3) is 60.9 Å². The predicted molar refractivity (Wildman–Crippen MR) is 224 cm³/mol. The van der Waals surface area contributed by atoms with Gasteiger partial charge in [-0.2, -0.15) is 0 Å². The van der Waals surface area contributed by atoms with Crippen molar-refractivity contribution in [2.75, 3.05) is 4.90 Å². The first kappa shape index (κ1) is 31.1. The third kappa shape index (κ3) is 5.02. The van der Waals surface area contributed by atoms with Gasteiger partial charge in [-0.3, -0.25) is 0 Å².